The number of carbonyl (C=O) groups is 2. The summed E-state index contributed by atoms with van der Waals surface area (Å²) in [5.74, 6) is -1.61. The number of anilines is 2. The number of hydrogen-bond acceptors (Lipinski definition) is 3. The predicted molar refractivity (Wildman–Crippen MR) is 91.9 cm³/mol. The summed E-state index contributed by atoms with van der Waals surface area (Å²) in [7, 11) is 0. The molecule has 2 aliphatic rings. The molecule has 0 aliphatic carbocycles. The third-order valence-corrected chi connectivity index (χ3v) is 4.87. The van der Waals surface area contributed by atoms with Crippen LogP contribution in [-0.4, -0.2) is 49.1 Å². The SMILES string of the molecule is O=C(CN1CCC[C@H](C(F)(F)F)C1)Nc1ccc(N2CCCC2=O)cc1. The molecule has 8 heteroatoms. The maximum atomic E-state index is 12.8. The van der Waals surface area contributed by atoms with Gasteiger partial charge in [-0.15, -0.1) is 0 Å². The molecular weight excluding hydrogens is 347 g/mol. The molecule has 2 saturated heterocycles. The second kappa shape index (κ2) is 7.65. The number of carbonyl (C=O) groups excluding carboxylic acids is 2. The fourth-order valence-electron chi connectivity index (χ4n) is 3.52. The zero-order chi connectivity index (χ0) is 18.7. The van der Waals surface area contributed by atoms with Crippen LogP contribution in [0.2, 0.25) is 0 Å². The number of benzene rings is 1. The number of alkyl halides is 3. The molecule has 2 aliphatic heterocycles. The van der Waals surface area contributed by atoms with E-state index >= 15 is 0 Å². The maximum absolute atomic E-state index is 12.8. The number of piperidine rings is 1. The third kappa shape index (κ3) is 4.55. The number of rotatable bonds is 4. The van der Waals surface area contributed by atoms with Crippen LogP contribution in [0.1, 0.15) is 25.7 Å². The molecule has 0 unspecified atom stereocenters. The number of likely N-dealkylation sites (tertiary alicyclic amines) is 1. The molecule has 1 N–H and O–H groups in total. The van der Waals surface area contributed by atoms with Gasteiger partial charge in [-0.05, 0) is 50.1 Å². The van der Waals surface area contributed by atoms with Crippen molar-refractivity contribution >= 4 is 23.2 Å². The fourth-order valence-corrected chi connectivity index (χ4v) is 3.52. The van der Waals surface area contributed by atoms with E-state index in [0.717, 1.165) is 12.1 Å². The zero-order valence-electron chi connectivity index (χ0n) is 14.4. The van der Waals surface area contributed by atoms with Gasteiger partial charge in [0, 0.05) is 30.9 Å². The number of amides is 2. The number of halogens is 3. The number of nitrogens with one attached hydrogen (secondary N) is 1. The summed E-state index contributed by atoms with van der Waals surface area (Å²) in [4.78, 5) is 27.1. The summed E-state index contributed by atoms with van der Waals surface area (Å²) < 4.78 is 38.5. The lowest BCUT2D eigenvalue weighted by atomic mass is 9.97. The molecule has 0 spiro atoms. The van der Waals surface area contributed by atoms with E-state index in [1.54, 1.807) is 34.1 Å². The molecule has 0 saturated carbocycles. The Labute approximate surface area is 150 Å². The second-order valence-corrected chi connectivity index (χ2v) is 6.86. The summed E-state index contributed by atoms with van der Waals surface area (Å²) in [6, 6.07) is 6.93. The van der Waals surface area contributed by atoms with Crippen molar-refractivity contribution < 1.29 is 22.8 Å². The predicted octanol–water partition coefficient (Wildman–Crippen LogP) is 3.03. The average Bonchev–Trinajstić information content (AvgIpc) is 3.01. The first-order valence-corrected chi connectivity index (χ1v) is 8.82. The minimum atomic E-state index is -4.21. The minimum absolute atomic E-state index is 0.0566. The quantitative estimate of drug-likeness (QED) is 0.888. The van der Waals surface area contributed by atoms with E-state index in [2.05, 4.69) is 5.32 Å². The smallest absolute Gasteiger partial charge is 0.325 e. The zero-order valence-corrected chi connectivity index (χ0v) is 14.4. The Kier molecular flexibility index (Phi) is 5.50. The number of nitrogens with zero attached hydrogens (tertiary/aromatic N) is 2. The van der Waals surface area contributed by atoms with Gasteiger partial charge in [-0.1, -0.05) is 0 Å². The van der Waals surface area contributed by atoms with Crippen LogP contribution in [0.3, 0.4) is 0 Å². The first-order chi connectivity index (χ1) is 12.3. The molecular formula is C18H22F3N3O2. The second-order valence-electron chi connectivity index (χ2n) is 6.86. The average molecular weight is 369 g/mol. The topological polar surface area (TPSA) is 52.7 Å². The largest absolute Gasteiger partial charge is 0.393 e. The lowest BCUT2D eigenvalue weighted by Gasteiger charge is -2.33. The van der Waals surface area contributed by atoms with E-state index in [4.69, 9.17) is 0 Å². The summed E-state index contributed by atoms with van der Waals surface area (Å²) >= 11 is 0. The van der Waals surface area contributed by atoms with Crippen LogP contribution in [0, 0.1) is 5.92 Å². The Morgan fingerprint density at radius 1 is 1.15 bits per heavy atom. The van der Waals surface area contributed by atoms with Crippen LogP contribution in [-0.2, 0) is 9.59 Å². The Morgan fingerprint density at radius 3 is 2.50 bits per heavy atom. The van der Waals surface area contributed by atoms with Crippen molar-refractivity contribution in [1.82, 2.24) is 4.90 Å². The molecule has 142 valence electrons. The van der Waals surface area contributed by atoms with Gasteiger partial charge in [0.15, 0.2) is 0 Å². The maximum Gasteiger partial charge on any atom is 0.393 e. The summed E-state index contributed by atoms with van der Waals surface area (Å²) in [5.41, 5.74) is 1.35. The summed E-state index contributed by atoms with van der Waals surface area (Å²) in [6.07, 6.45) is -2.26. The van der Waals surface area contributed by atoms with Crippen LogP contribution in [0.25, 0.3) is 0 Å². The van der Waals surface area contributed by atoms with Gasteiger partial charge in [-0.3, -0.25) is 14.5 Å². The van der Waals surface area contributed by atoms with Crippen LogP contribution in [0.4, 0.5) is 24.5 Å². The van der Waals surface area contributed by atoms with E-state index in [-0.39, 0.29) is 31.3 Å². The fraction of sp³-hybridized carbons (Fsp3) is 0.556. The van der Waals surface area contributed by atoms with Crippen molar-refractivity contribution in [2.24, 2.45) is 5.92 Å². The molecule has 2 fully saturated rings. The lowest BCUT2D eigenvalue weighted by Crippen LogP contribution is -2.44. The van der Waals surface area contributed by atoms with Crippen molar-refractivity contribution in [2.45, 2.75) is 31.9 Å². The van der Waals surface area contributed by atoms with E-state index < -0.39 is 12.1 Å². The van der Waals surface area contributed by atoms with Crippen molar-refractivity contribution in [1.29, 1.82) is 0 Å². The van der Waals surface area contributed by atoms with Gasteiger partial charge in [0.25, 0.3) is 0 Å². The summed E-state index contributed by atoms with van der Waals surface area (Å²) in [6.45, 7) is 1.00. The molecule has 1 atom stereocenters. The highest BCUT2D eigenvalue weighted by Crippen LogP contribution is 2.33. The normalized spacial score (nSPS) is 21.9. The molecule has 0 bridgehead atoms. The van der Waals surface area contributed by atoms with Crippen molar-refractivity contribution in [3.05, 3.63) is 24.3 Å². The minimum Gasteiger partial charge on any atom is -0.325 e. The first kappa shape index (κ1) is 18.7. The van der Waals surface area contributed by atoms with Crippen LogP contribution in [0.5, 0.6) is 0 Å². The first-order valence-electron chi connectivity index (χ1n) is 8.82. The van der Waals surface area contributed by atoms with Crippen LogP contribution in [0.15, 0.2) is 24.3 Å². The van der Waals surface area contributed by atoms with Gasteiger partial charge < -0.3 is 10.2 Å². The molecule has 1 aromatic carbocycles. The van der Waals surface area contributed by atoms with Gasteiger partial charge in [-0.2, -0.15) is 13.2 Å². The Bertz CT molecular complexity index is 661. The molecule has 0 radical (unpaired) electrons. The van der Waals surface area contributed by atoms with Crippen molar-refractivity contribution in [3.63, 3.8) is 0 Å². The number of hydrogen-bond donors (Lipinski definition) is 1. The van der Waals surface area contributed by atoms with Gasteiger partial charge >= 0.3 is 6.18 Å². The molecule has 3 rings (SSSR count). The van der Waals surface area contributed by atoms with Crippen molar-refractivity contribution in [3.8, 4) is 0 Å². The Balaban J connectivity index is 1.52. The molecule has 2 amide bonds. The highest BCUT2D eigenvalue weighted by atomic mass is 19.4. The molecule has 0 aromatic heterocycles. The Hall–Kier alpha value is -2.09. The monoisotopic (exact) mass is 369 g/mol. The van der Waals surface area contributed by atoms with Crippen molar-refractivity contribution in [2.75, 3.05) is 36.4 Å². The standard InChI is InChI=1S/C18H22F3N3O2/c19-18(20,21)13-3-1-9-23(11-13)12-16(25)22-14-5-7-15(8-6-14)24-10-2-4-17(24)26/h5-8,13H,1-4,9-12H2,(H,22,25)/t13-/m0/s1. The lowest BCUT2D eigenvalue weighted by molar-refractivity contribution is -0.186. The van der Waals surface area contributed by atoms with E-state index in [0.29, 0.717) is 31.6 Å². The van der Waals surface area contributed by atoms with Crippen LogP contribution >= 0.6 is 0 Å². The Morgan fingerprint density at radius 2 is 1.88 bits per heavy atom. The van der Waals surface area contributed by atoms with Gasteiger partial charge in [0.2, 0.25) is 11.8 Å². The van der Waals surface area contributed by atoms with E-state index in [1.807, 2.05) is 0 Å². The molecule has 5 nitrogen and oxygen atoms in total. The van der Waals surface area contributed by atoms with Crippen LogP contribution < -0.4 is 10.2 Å². The third-order valence-electron chi connectivity index (χ3n) is 4.87. The van der Waals surface area contributed by atoms with Gasteiger partial charge in [0.05, 0.1) is 12.5 Å². The molecule has 1 aromatic rings. The summed E-state index contributed by atoms with van der Waals surface area (Å²) in [5, 5.41) is 2.71. The molecule has 2 heterocycles. The van der Waals surface area contributed by atoms with E-state index in [1.165, 1.54) is 0 Å². The van der Waals surface area contributed by atoms with E-state index in [9.17, 15) is 22.8 Å². The highest BCUT2D eigenvalue weighted by molar-refractivity contribution is 5.96. The van der Waals surface area contributed by atoms with Gasteiger partial charge in [-0.25, -0.2) is 0 Å². The van der Waals surface area contributed by atoms with Gasteiger partial charge in [0.1, 0.15) is 0 Å². The molecule has 26 heavy (non-hydrogen) atoms. The highest BCUT2D eigenvalue weighted by Gasteiger charge is 2.41.